The minimum atomic E-state index is -0.385. The zero-order chi connectivity index (χ0) is 19.0. The van der Waals surface area contributed by atoms with E-state index in [1.165, 1.54) is 7.11 Å². The summed E-state index contributed by atoms with van der Waals surface area (Å²) in [7, 11) is 1.39. The van der Waals surface area contributed by atoms with Crippen LogP contribution in [0.25, 0.3) is 10.4 Å². The highest BCUT2D eigenvalue weighted by molar-refractivity contribution is 7.15. The van der Waals surface area contributed by atoms with Gasteiger partial charge in [0.2, 0.25) is 0 Å². The molecular weight excluding hydrogens is 358 g/mol. The van der Waals surface area contributed by atoms with Crippen molar-refractivity contribution in [1.29, 1.82) is 0 Å². The van der Waals surface area contributed by atoms with Crippen molar-refractivity contribution in [3.8, 4) is 10.4 Å². The largest absolute Gasteiger partial charge is 0.466 e. The summed E-state index contributed by atoms with van der Waals surface area (Å²) >= 11 is 1.63. The summed E-state index contributed by atoms with van der Waals surface area (Å²) in [6.07, 6.45) is 2.21. The molecule has 0 bridgehead atoms. The van der Waals surface area contributed by atoms with Crippen molar-refractivity contribution in [3.63, 3.8) is 0 Å². The topological polar surface area (TPSA) is 55.4 Å². The molecule has 27 heavy (non-hydrogen) atoms. The van der Waals surface area contributed by atoms with E-state index in [9.17, 15) is 9.59 Å². The predicted molar refractivity (Wildman–Crippen MR) is 106 cm³/mol. The fourth-order valence-electron chi connectivity index (χ4n) is 3.91. The summed E-state index contributed by atoms with van der Waals surface area (Å²) in [5.41, 5.74) is 4.12. The van der Waals surface area contributed by atoms with Gasteiger partial charge in [-0.25, -0.2) is 4.79 Å². The van der Waals surface area contributed by atoms with E-state index < -0.39 is 0 Å². The van der Waals surface area contributed by atoms with Crippen molar-refractivity contribution in [2.45, 2.75) is 32.1 Å². The number of rotatable bonds is 3. The van der Waals surface area contributed by atoms with Gasteiger partial charge in [0.1, 0.15) is 0 Å². The number of nitrogens with one attached hydrogen (secondary N) is 1. The van der Waals surface area contributed by atoms with Crippen LogP contribution < -0.4 is 5.32 Å². The van der Waals surface area contributed by atoms with E-state index in [1.807, 2.05) is 31.2 Å². The maximum absolute atomic E-state index is 12.8. The summed E-state index contributed by atoms with van der Waals surface area (Å²) in [5.74, 6) is -0.620. The number of carbonyl (C=O) groups excluding carboxylic acids is 2. The molecule has 4 nitrogen and oxygen atoms in total. The van der Waals surface area contributed by atoms with Crippen molar-refractivity contribution < 1.29 is 14.3 Å². The number of hydrogen-bond acceptors (Lipinski definition) is 5. The molecule has 0 fully saturated rings. The summed E-state index contributed by atoms with van der Waals surface area (Å²) in [5, 5.41) is 3.29. The summed E-state index contributed by atoms with van der Waals surface area (Å²) in [4.78, 5) is 27.5. The molecule has 0 unspecified atom stereocenters. The first kappa shape index (κ1) is 17.7. The van der Waals surface area contributed by atoms with Crippen molar-refractivity contribution in [2.75, 3.05) is 7.11 Å². The van der Waals surface area contributed by atoms with Crippen molar-refractivity contribution >= 4 is 23.1 Å². The third kappa shape index (κ3) is 3.12. The molecule has 1 aromatic carbocycles. The molecular formula is C22H21NO3S. The number of hydrogen-bond donors (Lipinski definition) is 1. The standard InChI is InChI=1S/C22H21NO3S/c1-13-19(22(25)26-2)21(20-15(23-13)9-6-10-16(20)24)18-12-11-17(27-18)14-7-4-3-5-8-14/h3-5,7-8,11-12,21,23H,6,9-10H2,1-2H3/t21-/m1/s1. The molecule has 2 heterocycles. The van der Waals surface area contributed by atoms with Crippen LogP contribution in [0.3, 0.4) is 0 Å². The Morgan fingerprint density at radius 1 is 1.15 bits per heavy atom. The monoisotopic (exact) mass is 379 g/mol. The Morgan fingerprint density at radius 2 is 1.93 bits per heavy atom. The molecule has 1 atom stereocenters. The second-order valence-electron chi connectivity index (χ2n) is 6.83. The molecule has 0 amide bonds. The van der Waals surface area contributed by atoms with Crippen LogP contribution in [0.15, 0.2) is 65.0 Å². The average molecular weight is 379 g/mol. The Morgan fingerprint density at radius 3 is 2.67 bits per heavy atom. The Kier molecular flexibility index (Phi) is 4.70. The first-order chi connectivity index (χ1) is 13.1. The Hall–Kier alpha value is -2.66. The van der Waals surface area contributed by atoms with E-state index in [-0.39, 0.29) is 17.7 Å². The van der Waals surface area contributed by atoms with Crippen molar-refractivity contribution in [3.05, 3.63) is 69.9 Å². The molecule has 5 heteroatoms. The first-order valence-corrected chi connectivity index (χ1v) is 9.89. The lowest BCUT2D eigenvalue weighted by molar-refractivity contribution is -0.136. The molecule has 138 valence electrons. The minimum Gasteiger partial charge on any atom is -0.466 e. The van der Waals surface area contributed by atoms with Gasteiger partial charge in [-0.1, -0.05) is 30.3 Å². The highest BCUT2D eigenvalue weighted by atomic mass is 32.1. The van der Waals surface area contributed by atoms with Gasteiger partial charge in [0.15, 0.2) is 5.78 Å². The number of esters is 1. The highest BCUT2D eigenvalue weighted by Crippen LogP contribution is 2.45. The second kappa shape index (κ2) is 7.16. The lowest BCUT2D eigenvalue weighted by Gasteiger charge is -2.33. The Balaban J connectivity index is 1.84. The Labute approximate surface area is 162 Å². The van der Waals surface area contributed by atoms with E-state index in [0.717, 1.165) is 45.1 Å². The molecule has 1 aromatic heterocycles. The molecule has 1 aliphatic carbocycles. The van der Waals surface area contributed by atoms with E-state index >= 15 is 0 Å². The number of benzene rings is 1. The third-order valence-electron chi connectivity index (χ3n) is 5.15. The third-order valence-corrected chi connectivity index (χ3v) is 6.35. The van der Waals surface area contributed by atoms with Crippen LogP contribution >= 0.6 is 11.3 Å². The maximum atomic E-state index is 12.8. The SMILES string of the molecule is COC(=O)C1=C(C)NC2=C(C(=O)CCC2)[C@@H]1c1ccc(-c2ccccc2)s1. The molecule has 0 radical (unpaired) electrons. The number of methoxy groups -OCH3 is 1. The van der Waals surface area contributed by atoms with Crippen LogP contribution in [0.4, 0.5) is 0 Å². The zero-order valence-corrected chi connectivity index (χ0v) is 16.2. The molecule has 4 rings (SSSR count). The van der Waals surface area contributed by atoms with Crippen LogP contribution in [0, 0.1) is 0 Å². The van der Waals surface area contributed by atoms with Gasteiger partial charge in [0.05, 0.1) is 18.6 Å². The average Bonchev–Trinajstić information content (AvgIpc) is 3.17. The van der Waals surface area contributed by atoms with Gasteiger partial charge >= 0.3 is 5.97 Å². The summed E-state index contributed by atoms with van der Waals surface area (Å²) in [6, 6.07) is 14.2. The van der Waals surface area contributed by atoms with Crippen LogP contribution in [-0.2, 0) is 14.3 Å². The second-order valence-corrected chi connectivity index (χ2v) is 7.94. The highest BCUT2D eigenvalue weighted by Gasteiger charge is 2.39. The number of ether oxygens (including phenoxy) is 1. The fraction of sp³-hybridized carbons (Fsp3) is 0.273. The van der Waals surface area contributed by atoms with Gasteiger partial charge in [0.25, 0.3) is 0 Å². The number of Topliss-reactive ketones (excluding diaryl/α,β-unsaturated/α-hetero) is 1. The molecule has 0 saturated carbocycles. The zero-order valence-electron chi connectivity index (χ0n) is 15.4. The van der Waals surface area contributed by atoms with Gasteiger partial charge in [-0.3, -0.25) is 4.79 Å². The van der Waals surface area contributed by atoms with E-state index in [4.69, 9.17) is 4.74 Å². The normalized spacial score (nSPS) is 19.6. The predicted octanol–water partition coefficient (Wildman–Crippen LogP) is 4.56. The van der Waals surface area contributed by atoms with Gasteiger partial charge in [-0.15, -0.1) is 11.3 Å². The Bertz CT molecular complexity index is 968. The maximum Gasteiger partial charge on any atom is 0.336 e. The van der Waals surface area contributed by atoms with Crippen LogP contribution in [0.5, 0.6) is 0 Å². The quantitative estimate of drug-likeness (QED) is 0.795. The van der Waals surface area contributed by atoms with Gasteiger partial charge in [0, 0.05) is 33.1 Å². The number of carbonyl (C=O) groups is 2. The molecule has 2 aromatic rings. The molecule has 2 aliphatic rings. The smallest absolute Gasteiger partial charge is 0.336 e. The summed E-state index contributed by atoms with van der Waals surface area (Å²) in [6.45, 7) is 1.88. The van der Waals surface area contributed by atoms with Crippen molar-refractivity contribution in [1.82, 2.24) is 5.32 Å². The lowest BCUT2D eigenvalue weighted by Crippen LogP contribution is -2.33. The van der Waals surface area contributed by atoms with Crippen LogP contribution in [-0.4, -0.2) is 18.9 Å². The van der Waals surface area contributed by atoms with Gasteiger partial charge < -0.3 is 10.1 Å². The molecule has 0 spiro atoms. The molecule has 1 N–H and O–H groups in total. The van der Waals surface area contributed by atoms with E-state index in [0.29, 0.717) is 12.0 Å². The first-order valence-electron chi connectivity index (χ1n) is 9.07. The lowest BCUT2D eigenvalue weighted by atomic mass is 9.78. The van der Waals surface area contributed by atoms with E-state index in [2.05, 4.69) is 23.5 Å². The fourth-order valence-corrected chi connectivity index (χ4v) is 5.05. The van der Waals surface area contributed by atoms with Crippen molar-refractivity contribution in [2.24, 2.45) is 0 Å². The minimum absolute atomic E-state index is 0.123. The van der Waals surface area contributed by atoms with E-state index in [1.54, 1.807) is 11.3 Å². The number of thiophene rings is 1. The number of ketones is 1. The molecule has 1 aliphatic heterocycles. The van der Waals surface area contributed by atoms with Gasteiger partial charge in [-0.05, 0) is 37.5 Å². The summed E-state index contributed by atoms with van der Waals surface area (Å²) < 4.78 is 5.05. The van der Waals surface area contributed by atoms with Crippen LogP contribution in [0.1, 0.15) is 37.0 Å². The number of allylic oxidation sites excluding steroid dienone is 3. The van der Waals surface area contributed by atoms with Crippen LogP contribution in [0.2, 0.25) is 0 Å². The molecule has 0 saturated heterocycles. The number of dihydropyridines is 1. The van der Waals surface area contributed by atoms with Gasteiger partial charge in [-0.2, -0.15) is 0 Å².